The summed E-state index contributed by atoms with van der Waals surface area (Å²) in [7, 11) is 0. The number of carboxylic acids is 1. The molecule has 9 heteroatoms. The number of alkyl halides is 2. The molecule has 0 atom stereocenters. The zero-order chi connectivity index (χ0) is 13.2. The van der Waals surface area contributed by atoms with Gasteiger partial charge in [-0.3, -0.25) is 10.1 Å². The second kappa shape index (κ2) is 4.68. The lowest BCUT2D eigenvalue weighted by Gasteiger charge is -2.06. The molecule has 0 aliphatic rings. The summed E-state index contributed by atoms with van der Waals surface area (Å²) in [5.41, 5.74) is -2.37. The number of aromatic carboxylic acids is 1. The maximum Gasteiger partial charge on any atom is 0.387 e. The molecule has 1 rings (SSSR count). The second-order valence-electron chi connectivity index (χ2n) is 2.74. The van der Waals surface area contributed by atoms with Crippen molar-refractivity contribution in [3.8, 4) is 5.75 Å². The van der Waals surface area contributed by atoms with Crippen molar-refractivity contribution in [1.29, 1.82) is 0 Å². The Morgan fingerprint density at radius 1 is 1.47 bits per heavy atom. The molecule has 0 radical (unpaired) electrons. The van der Waals surface area contributed by atoms with E-state index in [1.165, 1.54) is 0 Å². The summed E-state index contributed by atoms with van der Waals surface area (Å²) in [6, 6.07) is 0.751. The Morgan fingerprint density at radius 3 is 2.47 bits per heavy atom. The fourth-order valence-electron chi connectivity index (χ4n) is 1.09. The van der Waals surface area contributed by atoms with Gasteiger partial charge in [0.2, 0.25) is 0 Å². The van der Waals surface area contributed by atoms with Crippen molar-refractivity contribution in [2.24, 2.45) is 0 Å². The number of benzene rings is 1. The van der Waals surface area contributed by atoms with E-state index in [9.17, 15) is 28.1 Å². The number of hydrogen-bond acceptors (Lipinski definition) is 4. The Balaban J connectivity index is 3.36. The van der Waals surface area contributed by atoms with Crippen molar-refractivity contribution in [2.75, 3.05) is 0 Å². The Labute approximate surface area is 91.4 Å². The SMILES string of the molecule is O=C(O)c1c(F)cc(OC(F)F)cc1[N+](=O)[O-]. The molecule has 0 bridgehead atoms. The fraction of sp³-hybridized carbons (Fsp3) is 0.125. The summed E-state index contributed by atoms with van der Waals surface area (Å²) in [4.78, 5) is 19.8. The van der Waals surface area contributed by atoms with Gasteiger partial charge in [0, 0.05) is 6.07 Å². The molecule has 92 valence electrons. The predicted molar refractivity (Wildman–Crippen MR) is 46.6 cm³/mol. The molecule has 1 aromatic carbocycles. The molecule has 0 aliphatic carbocycles. The molecule has 0 saturated carbocycles. The number of ether oxygens (including phenoxy) is 1. The number of carboxylic acid groups (broad SMARTS) is 1. The summed E-state index contributed by atoms with van der Waals surface area (Å²) in [6.45, 7) is -3.30. The van der Waals surface area contributed by atoms with E-state index in [1.807, 2.05) is 0 Å². The highest BCUT2D eigenvalue weighted by Crippen LogP contribution is 2.28. The lowest BCUT2D eigenvalue weighted by molar-refractivity contribution is -0.385. The average molecular weight is 251 g/mol. The molecular formula is C8H4F3NO5. The number of halogens is 3. The van der Waals surface area contributed by atoms with Crippen LogP contribution >= 0.6 is 0 Å². The summed E-state index contributed by atoms with van der Waals surface area (Å²) < 4.78 is 40.5. The lowest BCUT2D eigenvalue weighted by atomic mass is 10.1. The maximum atomic E-state index is 13.2. The lowest BCUT2D eigenvalue weighted by Crippen LogP contribution is -2.08. The number of rotatable bonds is 4. The van der Waals surface area contributed by atoms with E-state index in [0.29, 0.717) is 12.1 Å². The van der Waals surface area contributed by atoms with Crippen LogP contribution in [0.25, 0.3) is 0 Å². The highest BCUT2D eigenvalue weighted by Gasteiger charge is 2.26. The minimum absolute atomic E-state index is 0.336. The number of nitrogens with zero attached hydrogens (tertiary/aromatic N) is 1. The molecule has 1 N–H and O–H groups in total. The van der Waals surface area contributed by atoms with Crippen molar-refractivity contribution in [3.63, 3.8) is 0 Å². The third-order valence-electron chi connectivity index (χ3n) is 1.68. The topological polar surface area (TPSA) is 89.7 Å². The van der Waals surface area contributed by atoms with Gasteiger partial charge in [-0.2, -0.15) is 8.78 Å². The van der Waals surface area contributed by atoms with Gasteiger partial charge in [-0.25, -0.2) is 9.18 Å². The molecule has 17 heavy (non-hydrogen) atoms. The van der Waals surface area contributed by atoms with Crippen LogP contribution in [0.3, 0.4) is 0 Å². The summed E-state index contributed by atoms with van der Waals surface area (Å²) >= 11 is 0. The zero-order valence-corrected chi connectivity index (χ0v) is 7.89. The molecule has 0 amide bonds. The van der Waals surface area contributed by atoms with Crippen LogP contribution in [0.5, 0.6) is 5.75 Å². The first kappa shape index (κ1) is 12.7. The van der Waals surface area contributed by atoms with Crippen LogP contribution in [0, 0.1) is 15.9 Å². The highest BCUT2D eigenvalue weighted by molar-refractivity contribution is 5.93. The fourth-order valence-corrected chi connectivity index (χ4v) is 1.09. The van der Waals surface area contributed by atoms with Crippen molar-refractivity contribution in [3.05, 3.63) is 33.6 Å². The zero-order valence-electron chi connectivity index (χ0n) is 7.89. The molecule has 0 spiro atoms. The monoisotopic (exact) mass is 251 g/mol. The molecule has 6 nitrogen and oxygen atoms in total. The van der Waals surface area contributed by atoms with Crippen LogP contribution in [0.15, 0.2) is 12.1 Å². The van der Waals surface area contributed by atoms with Gasteiger partial charge in [0.05, 0.1) is 11.0 Å². The smallest absolute Gasteiger partial charge is 0.387 e. The van der Waals surface area contributed by atoms with Gasteiger partial charge in [0.1, 0.15) is 11.6 Å². The van der Waals surface area contributed by atoms with Crippen LogP contribution in [0.2, 0.25) is 0 Å². The average Bonchev–Trinajstić information content (AvgIpc) is 2.14. The Hall–Kier alpha value is -2.32. The van der Waals surface area contributed by atoms with Crippen LogP contribution in [0.1, 0.15) is 10.4 Å². The Morgan fingerprint density at radius 2 is 2.06 bits per heavy atom. The normalized spacial score (nSPS) is 10.4. The molecule has 0 unspecified atom stereocenters. The van der Waals surface area contributed by atoms with Gasteiger partial charge in [-0.05, 0) is 0 Å². The summed E-state index contributed by atoms with van der Waals surface area (Å²) in [6.07, 6.45) is 0. The first-order valence-electron chi connectivity index (χ1n) is 3.99. The van der Waals surface area contributed by atoms with Gasteiger partial charge < -0.3 is 9.84 Å². The molecule has 0 aliphatic heterocycles. The number of nitro groups is 1. The van der Waals surface area contributed by atoms with E-state index in [0.717, 1.165) is 0 Å². The van der Waals surface area contributed by atoms with E-state index in [-0.39, 0.29) is 0 Å². The van der Waals surface area contributed by atoms with Gasteiger partial charge >= 0.3 is 12.6 Å². The minimum Gasteiger partial charge on any atom is -0.477 e. The largest absolute Gasteiger partial charge is 0.477 e. The van der Waals surface area contributed by atoms with E-state index < -0.39 is 40.3 Å². The van der Waals surface area contributed by atoms with Crippen molar-refractivity contribution in [2.45, 2.75) is 6.61 Å². The minimum atomic E-state index is -3.30. The van der Waals surface area contributed by atoms with Crippen LogP contribution in [0.4, 0.5) is 18.9 Å². The van der Waals surface area contributed by atoms with Gasteiger partial charge in [0.15, 0.2) is 5.56 Å². The number of nitro benzene ring substituents is 1. The summed E-state index contributed by atoms with van der Waals surface area (Å²) in [5.74, 6) is -4.23. The first-order chi connectivity index (χ1) is 7.82. The summed E-state index contributed by atoms with van der Waals surface area (Å²) in [5, 5.41) is 19.0. The Kier molecular flexibility index (Phi) is 3.51. The third kappa shape index (κ3) is 2.83. The number of hydrogen-bond donors (Lipinski definition) is 1. The van der Waals surface area contributed by atoms with E-state index in [2.05, 4.69) is 4.74 Å². The van der Waals surface area contributed by atoms with Gasteiger partial charge in [-0.15, -0.1) is 0 Å². The molecule has 0 fully saturated rings. The van der Waals surface area contributed by atoms with Crippen LogP contribution < -0.4 is 4.74 Å². The maximum absolute atomic E-state index is 13.2. The van der Waals surface area contributed by atoms with E-state index in [4.69, 9.17) is 5.11 Å². The van der Waals surface area contributed by atoms with E-state index in [1.54, 1.807) is 0 Å². The molecule has 1 aromatic rings. The van der Waals surface area contributed by atoms with Crippen molar-refractivity contribution in [1.82, 2.24) is 0 Å². The Bertz CT molecular complexity index is 476. The molecule has 0 aromatic heterocycles. The third-order valence-corrected chi connectivity index (χ3v) is 1.68. The van der Waals surface area contributed by atoms with Gasteiger partial charge in [0.25, 0.3) is 5.69 Å². The second-order valence-corrected chi connectivity index (χ2v) is 2.74. The van der Waals surface area contributed by atoms with Crippen molar-refractivity contribution < 1.29 is 32.7 Å². The van der Waals surface area contributed by atoms with E-state index >= 15 is 0 Å². The highest BCUT2D eigenvalue weighted by atomic mass is 19.3. The molecular weight excluding hydrogens is 247 g/mol. The van der Waals surface area contributed by atoms with Crippen molar-refractivity contribution >= 4 is 11.7 Å². The van der Waals surface area contributed by atoms with Crippen LogP contribution in [-0.2, 0) is 0 Å². The van der Waals surface area contributed by atoms with Gasteiger partial charge in [-0.1, -0.05) is 0 Å². The quantitative estimate of drug-likeness (QED) is 0.653. The molecule has 0 saturated heterocycles. The number of carbonyl (C=O) groups is 1. The molecule has 0 heterocycles. The first-order valence-corrected chi connectivity index (χ1v) is 3.99. The predicted octanol–water partition coefficient (Wildman–Crippen LogP) is 2.03. The standard InChI is InChI=1S/C8H4F3NO5/c9-4-1-3(17-8(10)11)2-5(12(15)16)6(4)7(13)14/h1-2,8H,(H,13,14). The van der Waals surface area contributed by atoms with Crippen LogP contribution in [-0.4, -0.2) is 22.6 Å².